The van der Waals surface area contributed by atoms with Crippen LogP contribution in [0.1, 0.15) is 37.7 Å². The fourth-order valence-corrected chi connectivity index (χ4v) is 4.60. The molecule has 1 heterocycles. The standard InChI is InChI=1S/C23H24OS/c1-24-22-11-9-18(8-4-7-17-5-2-3-6-17)15-21(22)19-10-12-23-20(16-19)13-14-25-23/h4,8-17H,2-3,5-7H2,1H3/b8-4+. The molecular formula is C23H24OS. The second kappa shape index (κ2) is 7.45. The van der Waals surface area contributed by atoms with Gasteiger partial charge in [0.1, 0.15) is 5.75 Å². The van der Waals surface area contributed by atoms with Crippen LogP contribution in [0.5, 0.6) is 5.75 Å². The minimum Gasteiger partial charge on any atom is -0.496 e. The van der Waals surface area contributed by atoms with Crippen LogP contribution in [0.2, 0.25) is 0 Å². The first-order valence-electron chi connectivity index (χ1n) is 9.16. The minimum absolute atomic E-state index is 0.898. The molecule has 0 saturated heterocycles. The van der Waals surface area contributed by atoms with Crippen LogP contribution in [-0.2, 0) is 0 Å². The lowest BCUT2D eigenvalue weighted by Crippen LogP contribution is -1.90. The van der Waals surface area contributed by atoms with E-state index in [2.05, 4.69) is 60.0 Å². The number of benzene rings is 2. The monoisotopic (exact) mass is 348 g/mol. The summed E-state index contributed by atoms with van der Waals surface area (Å²) in [6, 6.07) is 15.3. The molecule has 1 nitrogen and oxygen atoms in total. The normalized spacial score (nSPS) is 15.4. The lowest BCUT2D eigenvalue weighted by Gasteiger charge is -2.10. The third-order valence-electron chi connectivity index (χ3n) is 5.24. The molecule has 0 atom stereocenters. The van der Waals surface area contributed by atoms with E-state index in [4.69, 9.17) is 4.74 Å². The lowest BCUT2D eigenvalue weighted by atomic mass is 9.99. The van der Waals surface area contributed by atoms with Crippen molar-refractivity contribution in [3.05, 3.63) is 59.5 Å². The van der Waals surface area contributed by atoms with Crippen molar-refractivity contribution < 1.29 is 4.74 Å². The largest absolute Gasteiger partial charge is 0.496 e. The van der Waals surface area contributed by atoms with E-state index in [-0.39, 0.29) is 0 Å². The van der Waals surface area contributed by atoms with Gasteiger partial charge in [-0.25, -0.2) is 0 Å². The van der Waals surface area contributed by atoms with Gasteiger partial charge in [-0.3, -0.25) is 0 Å². The summed E-state index contributed by atoms with van der Waals surface area (Å²) in [5, 5.41) is 3.44. The maximum Gasteiger partial charge on any atom is 0.126 e. The van der Waals surface area contributed by atoms with E-state index in [9.17, 15) is 0 Å². The van der Waals surface area contributed by atoms with E-state index in [1.165, 1.54) is 58.9 Å². The number of methoxy groups -OCH3 is 1. The summed E-state index contributed by atoms with van der Waals surface area (Å²) < 4.78 is 6.94. The van der Waals surface area contributed by atoms with Crippen LogP contribution in [0.25, 0.3) is 27.3 Å². The van der Waals surface area contributed by atoms with Crippen molar-refractivity contribution in [2.75, 3.05) is 7.11 Å². The number of ether oxygens (including phenoxy) is 1. The molecule has 128 valence electrons. The maximum absolute atomic E-state index is 5.61. The molecule has 1 aromatic heterocycles. The smallest absolute Gasteiger partial charge is 0.126 e. The number of rotatable bonds is 5. The van der Waals surface area contributed by atoms with E-state index < -0.39 is 0 Å². The van der Waals surface area contributed by atoms with Gasteiger partial charge in [-0.1, -0.05) is 50.0 Å². The number of hydrogen-bond acceptors (Lipinski definition) is 2. The molecule has 3 aromatic rings. The molecule has 0 aliphatic heterocycles. The van der Waals surface area contributed by atoms with Crippen LogP contribution in [0.4, 0.5) is 0 Å². The molecule has 4 rings (SSSR count). The quantitative estimate of drug-likeness (QED) is 0.475. The Labute approximate surface area is 154 Å². The Hall–Kier alpha value is -2.06. The fourth-order valence-electron chi connectivity index (χ4n) is 3.83. The zero-order valence-electron chi connectivity index (χ0n) is 14.7. The van der Waals surface area contributed by atoms with Gasteiger partial charge >= 0.3 is 0 Å². The zero-order valence-corrected chi connectivity index (χ0v) is 15.5. The van der Waals surface area contributed by atoms with Crippen LogP contribution < -0.4 is 4.74 Å². The highest BCUT2D eigenvalue weighted by molar-refractivity contribution is 7.17. The Kier molecular flexibility index (Phi) is 4.89. The predicted octanol–water partition coefficient (Wildman–Crippen LogP) is 7.17. The summed E-state index contributed by atoms with van der Waals surface area (Å²) in [6.07, 6.45) is 11.5. The van der Waals surface area contributed by atoms with Crippen LogP contribution in [0.15, 0.2) is 53.9 Å². The van der Waals surface area contributed by atoms with Crippen LogP contribution in [0, 0.1) is 5.92 Å². The molecule has 1 aliphatic carbocycles. The summed E-state index contributed by atoms with van der Waals surface area (Å²) in [5.41, 5.74) is 3.63. The van der Waals surface area contributed by atoms with Gasteiger partial charge in [0.05, 0.1) is 7.11 Å². The van der Waals surface area contributed by atoms with Crippen molar-refractivity contribution in [1.82, 2.24) is 0 Å². The van der Waals surface area contributed by atoms with Gasteiger partial charge in [0.15, 0.2) is 0 Å². The molecule has 1 aliphatic rings. The molecule has 2 heteroatoms. The van der Waals surface area contributed by atoms with Crippen molar-refractivity contribution in [2.24, 2.45) is 5.92 Å². The van der Waals surface area contributed by atoms with Crippen molar-refractivity contribution in [2.45, 2.75) is 32.1 Å². The lowest BCUT2D eigenvalue weighted by molar-refractivity contribution is 0.416. The van der Waals surface area contributed by atoms with Gasteiger partial charge in [-0.15, -0.1) is 11.3 Å². The number of allylic oxidation sites excluding steroid dienone is 1. The third kappa shape index (κ3) is 3.64. The van der Waals surface area contributed by atoms with Gasteiger partial charge in [0, 0.05) is 10.3 Å². The van der Waals surface area contributed by atoms with Crippen LogP contribution in [-0.4, -0.2) is 7.11 Å². The SMILES string of the molecule is COc1ccc(/C=C/CC2CCCC2)cc1-c1ccc2sccc2c1. The molecule has 0 unspecified atom stereocenters. The van der Waals surface area contributed by atoms with Crippen molar-refractivity contribution in [1.29, 1.82) is 0 Å². The van der Waals surface area contributed by atoms with Gasteiger partial charge in [0.2, 0.25) is 0 Å². The summed E-state index contributed by atoms with van der Waals surface area (Å²) in [6.45, 7) is 0. The number of fused-ring (bicyclic) bond motifs is 1. The summed E-state index contributed by atoms with van der Waals surface area (Å²) in [4.78, 5) is 0. The fraction of sp³-hybridized carbons (Fsp3) is 0.304. The molecule has 1 saturated carbocycles. The highest BCUT2D eigenvalue weighted by Gasteiger charge is 2.13. The van der Waals surface area contributed by atoms with Gasteiger partial charge in [0.25, 0.3) is 0 Å². The highest BCUT2D eigenvalue weighted by Crippen LogP contribution is 2.34. The van der Waals surface area contributed by atoms with Gasteiger partial charge < -0.3 is 4.74 Å². The molecule has 0 N–H and O–H groups in total. The zero-order chi connectivity index (χ0) is 17.1. The van der Waals surface area contributed by atoms with E-state index in [0.717, 1.165) is 11.7 Å². The minimum atomic E-state index is 0.898. The molecule has 0 radical (unpaired) electrons. The molecule has 0 bridgehead atoms. The first-order valence-corrected chi connectivity index (χ1v) is 10.0. The number of hydrogen-bond donors (Lipinski definition) is 0. The van der Waals surface area contributed by atoms with Crippen molar-refractivity contribution >= 4 is 27.5 Å². The molecule has 0 amide bonds. The van der Waals surface area contributed by atoms with Crippen molar-refractivity contribution in [3.8, 4) is 16.9 Å². The highest BCUT2D eigenvalue weighted by atomic mass is 32.1. The van der Waals surface area contributed by atoms with Crippen LogP contribution in [0.3, 0.4) is 0 Å². The second-order valence-electron chi connectivity index (χ2n) is 6.92. The molecule has 1 fully saturated rings. The molecule has 25 heavy (non-hydrogen) atoms. The summed E-state index contributed by atoms with van der Waals surface area (Å²) >= 11 is 1.78. The average molecular weight is 349 g/mol. The molecule has 0 spiro atoms. The van der Waals surface area contributed by atoms with E-state index in [1.807, 2.05) is 0 Å². The average Bonchev–Trinajstić information content (AvgIpc) is 3.32. The van der Waals surface area contributed by atoms with Crippen molar-refractivity contribution in [3.63, 3.8) is 0 Å². The van der Waals surface area contributed by atoms with E-state index >= 15 is 0 Å². The van der Waals surface area contributed by atoms with Crippen LogP contribution >= 0.6 is 11.3 Å². The Balaban J connectivity index is 1.62. The Morgan fingerprint density at radius 2 is 1.96 bits per heavy atom. The maximum atomic E-state index is 5.61. The van der Waals surface area contributed by atoms with Gasteiger partial charge in [-0.2, -0.15) is 0 Å². The second-order valence-corrected chi connectivity index (χ2v) is 7.87. The van der Waals surface area contributed by atoms with E-state index in [1.54, 1.807) is 18.4 Å². The third-order valence-corrected chi connectivity index (χ3v) is 6.14. The van der Waals surface area contributed by atoms with E-state index in [0.29, 0.717) is 0 Å². The topological polar surface area (TPSA) is 9.23 Å². The Bertz CT molecular complexity index is 884. The summed E-state index contributed by atoms with van der Waals surface area (Å²) in [5.74, 6) is 1.83. The Morgan fingerprint density at radius 1 is 1.08 bits per heavy atom. The van der Waals surface area contributed by atoms with Gasteiger partial charge in [-0.05, 0) is 64.6 Å². The first-order chi connectivity index (χ1) is 12.3. The number of thiophene rings is 1. The first kappa shape index (κ1) is 16.4. The summed E-state index contributed by atoms with van der Waals surface area (Å²) in [7, 11) is 1.75. The molecular weight excluding hydrogens is 324 g/mol. The predicted molar refractivity (Wildman–Crippen MR) is 109 cm³/mol. The Morgan fingerprint density at radius 3 is 2.80 bits per heavy atom. The molecule has 2 aromatic carbocycles.